The SMILES string of the molecule is CN(C)CCCNC(=O)c1ccc(N2CCOCC2)c([N+](=O)[O-])c1. The number of nitro benzene ring substituents is 1. The fourth-order valence-corrected chi connectivity index (χ4v) is 2.58. The zero-order chi connectivity index (χ0) is 17.5. The quantitative estimate of drug-likeness (QED) is 0.456. The van der Waals surface area contributed by atoms with E-state index >= 15 is 0 Å². The molecule has 1 N–H and O–H groups in total. The molecule has 24 heavy (non-hydrogen) atoms. The molecule has 0 aliphatic carbocycles. The van der Waals surface area contributed by atoms with Gasteiger partial charge in [-0.3, -0.25) is 14.9 Å². The van der Waals surface area contributed by atoms with Crippen molar-refractivity contribution in [3.05, 3.63) is 33.9 Å². The van der Waals surface area contributed by atoms with Crippen molar-refractivity contribution in [2.45, 2.75) is 6.42 Å². The first-order valence-corrected chi connectivity index (χ1v) is 8.03. The summed E-state index contributed by atoms with van der Waals surface area (Å²) in [5.41, 5.74) is 0.800. The standard InChI is InChI=1S/C16H24N4O4/c1-18(2)7-3-6-17-16(21)13-4-5-14(15(12-13)20(22)23)19-8-10-24-11-9-19/h4-5,12H,3,6-11H2,1-2H3,(H,17,21). The van der Waals surface area contributed by atoms with E-state index in [1.165, 1.54) is 6.07 Å². The average molecular weight is 336 g/mol. The van der Waals surface area contributed by atoms with Crippen LogP contribution in [0.15, 0.2) is 18.2 Å². The summed E-state index contributed by atoms with van der Waals surface area (Å²) in [6.07, 6.45) is 0.826. The fourth-order valence-electron chi connectivity index (χ4n) is 2.58. The summed E-state index contributed by atoms with van der Waals surface area (Å²) in [5.74, 6) is -0.287. The lowest BCUT2D eigenvalue weighted by Crippen LogP contribution is -2.36. The Bertz CT molecular complexity index is 585. The number of carbonyl (C=O) groups excluding carboxylic acids is 1. The molecule has 0 spiro atoms. The van der Waals surface area contributed by atoms with E-state index in [4.69, 9.17) is 4.74 Å². The summed E-state index contributed by atoms with van der Waals surface area (Å²) in [5, 5.41) is 14.2. The van der Waals surface area contributed by atoms with Gasteiger partial charge in [-0.1, -0.05) is 0 Å². The van der Waals surface area contributed by atoms with Crippen molar-refractivity contribution in [1.29, 1.82) is 0 Å². The molecule has 1 fully saturated rings. The normalized spacial score (nSPS) is 14.7. The molecule has 8 heteroatoms. The van der Waals surface area contributed by atoms with Crippen molar-refractivity contribution < 1.29 is 14.5 Å². The van der Waals surface area contributed by atoms with E-state index in [1.54, 1.807) is 12.1 Å². The van der Waals surface area contributed by atoms with Gasteiger partial charge in [-0.15, -0.1) is 0 Å². The van der Waals surface area contributed by atoms with Gasteiger partial charge in [0.2, 0.25) is 0 Å². The van der Waals surface area contributed by atoms with Gasteiger partial charge in [0, 0.05) is 31.3 Å². The molecule has 1 heterocycles. The largest absolute Gasteiger partial charge is 0.378 e. The van der Waals surface area contributed by atoms with Crippen LogP contribution in [0.25, 0.3) is 0 Å². The summed E-state index contributed by atoms with van der Waals surface area (Å²) in [6, 6.07) is 4.64. The molecule has 1 saturated heterocycles. The van der Waals surface area contributed by atoms with Gasteiger partial charge in [0.15, 0.2) is 0 Å². The van der Waals surface area contributed by atoms with Crippen LogP contribution in [0.1, 0.15) is 16.8 Å². The molecule has 1 aliphatic heterocycles. The molecule has 1 amide bonds. The van der Waals surface area contributed by atoms with Crippen LogP contribution in [0.4, 0.5) is 11.4 Å². The molecule has 8 nitrogen and oxygen atoms in total. The molecule has 0 unspecified atom stereocenters. The first kappa shape index (κ1) is 18.2. The van der Waals surface area contributed by atoms with E-state index in [2.05, 4.69) is 5.32 Å². The fraction of sp³-hybridized carbons (Fsp3) is 0.562. The third-order valence-corrected chi connectivity index (χ3v) is 3.85. The van der Waals surface area contributed by atoms with E-state index < -0.39 is 4.92 Å². The van der Waals surface area contributed by atoms with Crippen LogP contribution < -0.4 is 10.2 Å². The van der Waals surface area contributed by atoms with Gasteiger partial charge in [0.05, 0.1) is 18.1 Å². The highest BCUT2D eigenvalue weighted by molar-refractivity contribution is 5.95. The highest BCUT2D eigenvalue weighted by Crippen LogP contribution is 2.29. The van der Waals surface area contributed by atoms with Crippen LogP contribution in [0.2, 0.25) is 0 Å². The van der Waals surface area contributed by atoms with E-state index in [-0.39, 0.29) is 11.6 Å². The van der Waals surface area contributed by atoms with Crippen molar-refractivity contribution in [2.24, 2.45) is 0 Å². The number of morpholine rings is 1. The number of rotatable bonds is 7. The first-order chi connectivity index (χ1) is 11.5. The zero-order valence-corrected chi connectivity index (χ0v) is 14.2. The molecule has 1 aliphatic rings. The summed E-state index contributed by atoms with van der Waals surface area (Å²) < 4.78 is 5.28. The van der Waals surface area contributed by atoms with Gasteiger partial charge >= 0.3 is 0 Å². The maximum atomic E-state index is 12.2. The Morgan fingerprint density at radius 2 is 2.08 bits per heavy atom. The molecule has 0 aromatic heterocycles. The predicted octanol–water partition coefficient (Wildman–Crippen LogP) is 1.11. The molecule has 0 saturated carbocycles. The minimum atomic E-state index is -0.437. The zero-order valence-electron chi connectivity index (χ0n) is 14.2. The Balaban J connectivity index is 2.07. The molecule has 0 atom stereocenters. The number of hydrogen-bond donors (Lipinski definition) is 1. The molecule has 132 valence electrons. The second kappa shape index (κ2) is 8.60. The van der Waals surface area contributed by atoms with Crippen molar-refractivity contribution in [3.8, 4) is 0 Å². The van der Waals surface area contributed by atoms with Crippen LogP contribution in [0.5, 0.6) is 0 Å². The summed E-state index contributed by atoms with van der Waals surface area (Å²) in [4.78, 5) is 27.1. The maximum absolute atomic E-state index is 12.2. The third kappa shape index (κ3) is 4.90. The van der Waals surface area contributed by atoms with Gasteiger partial charge in [0.1, 0.15) is 5.69 Å². The molecule has 1 aromatic carbocycles. The van der Waals surface area contributed by atoms with Gasteiger partial charge in [-0.05, 0) is 39.2 Å². The molecular weight excluding hydrogens is 312 g/mol. The highest BCUT2D eigenvalue weighted by atomic mass is 16.6. The number of nitrogens with zero attached hydrogens (tertiary/aromatic N) is 3. The lowest BCUT2D eigenvalue weighted by Gasteiger charge is -2.28. The monoisotopic (exact) mass is 336 g/mol. The second-order valence-corrected chi connectivity index (χ2v) is 5.97. The first-order valence-electron chi connectivity index (χ1n) is 8.03. The topological polar surface area (TPSA) is 88.0 Å². The van der Waals surface area contributed by atoms with E-state index in [1.807, 2.05) is 23.9 Å². The maximum Gasteiger partial charge on any atom is 0.293 e. The Labute approximate surface area is 141 Å². The second-order valence-electron chi connectivity index (χ2n) is 5.97. The van der Waals surface area contributed by atoms with Crippen LogP contribution in [0, 0.1) is 10.1 Å². The van der Waals surface area contributed by atoms with Crippen molar-refractivity contribution in [3.63, 3.8) is 0 Å². The number of carbonyl (C=O) groups is 1. The number of benzene rings is 1. The number of nitro groups is 1. The number of hydrogen-bond acceptors (Lipinski definition) is 6. The van der Waals surface area contributed by atoms with E-state index in [0.29, 0.717) is 44.1 Å². The number of ether oxygens (including phenoxy) is 1. The Hall–Kier alpha value is -2.19. The Kier molecular flexibility index (Phi) is 6.51. The van der Waals surface area contributed by atoms with Gasteiger partial charge < -0.3 is 19.9 Å². The molecule has 1 aromatic rings. The summed E-state index contributed by atoms with van der Waals surface area (Å²) >= 11 is 0. The summed E-state index contributed by atoms with van der Waals surface area (Å²) in [7, 11) is 3.94. The van der Waals surface area contributed by atoms with Crippen molar-refractivity contribution in [2.75, 3.05) is 58.4 Å². The Morgan fingerprint density at radius 1 is 1.38 bits per heavy atom. The van der Waals surface area contributed by atoms with E-state index in [9.17, 15) is 14.9 Å². The van der Waals surface area contributed by atoms with Gasteiger partial charge in [0.25, 0.3) is 11.6 Å². The lowest BCUT2D eigenvalue weighted by molar-refractivity contribution is -0.384. The van der Waals surface area contributed by atoms with Crippen LogP contribution in [-0.4, -0.2) is 69.2 Å². The van der Waals surface area contributed by atoms with Gasteiger partial charge in [-0.25, -0.2) is 0 Å². The number of anilines is 1. The van der Waals surface area contributed by atoms with Crippen LogP contribution in [0.3, 0.4) is 0 Å². The highest BCUT2D eigenvalue weighted by Gasteiger charge is 2.23. The minimum absolute atomic E-state index is 0.0437. The van der Waals surface area contributed by atoms with Gasteiger partial charge in [-0.2, -0.15) is 0 Å². The smallest absolute Gasteiger partial charge is 0.293 e. The third-order valence-electron chi connectivity index (χ3n) is 3.85. The molecular formula is C16H24N4O4. The summed E-state index contributed by atoms with van der Waals surface area (Å²) in [6.45, 7) is 3.72. The van der Waals surface area contributed by atoms with Crippen molar-refractivity contribution in [1.82, 2.24) is 10.2 Å². The molecule has 2 rings (SSSR count). The lowest BCUT2D eigenvalue weighted by atomic mass is 10.1. The number of nitrogens with one attached hydrogen (secondary N) is 1. The van der Waals surface area contributed by atoms with Crippen LogP contribution in [-0.2, 0) is 4.74 Å². The Morgan fingerprint density at radius 3 is 2.71 bits per heavy atom. The predicted molar refractivity (Wildman–Crippen MR) is 91.6 cm³/mol. The number of amides is 1. The molecule has 0 radical (unpaired) electrons. The minimum Gasteiger partial charge on any atom is -0.378 e. The molecule has 0 bridgehead atoms. The van der Waals surface area contributed by atoms with Crippen LogP contribution >= 0.6 is 0 Å². The van der Waals surface area contributed by atoms with Crippen molar-refractivity contribution >= 4 is 17.3 Å². The van der Waals surface area contributed by atoms with E-state index in [0.717, 1.165) is 13.0 Å². The average Bonchev–Trinajstić information content (AvgIpc) is 2.58.